The van der Waals surface area contributed by atoms with E-state index in [2.05, 4.69) is 19.2 Å². The van der Waals surface area contributed by atoms with Gasteiger partial charge >= 0.3 is 0 Å². The summed E-state index contributed by atoms with van der Waals surface area (Å²) in [5.74, 6) is 0.942. The van der Waals surface area contributed by atoms with Gasteiger partial charge in [-0.25, -0.2) is 0 Å². The summed E-state index contributed by atoms with van der Waals surface area (Å²) in [6.07, 6.45) is 8.21. The molecule has 90 valence electrons. The standard InChI is InChI=1S/C13H27NO/c1-3-15-11-7-6-10-14-12(2)13-8-4-5-9-13/h12-14H,3-11H2,1-2H3. The van der Waals surface area contributed by atoms with E-state index in [4.69, 9.17) is 4.74 Å². The van der Waals surface area contributed by atoms with Gasteiger partial charge in [0.25, 0.3) is 0 Å². The first kappa shape index (κ1) is 13.0. The first-order valence-electron chi connectivity index (χ1n) is 6.65. The summed E-state index contributed by atoms with van der Waals surface area (Å²) < 4.78 is 5.31. The maximum absolute atomic E-state index is 5.31. The smallest absolute Gasteiger partial charge is 0.0466 e. The minimum atomic E-state index is 0.722. The Bertz CT molecular complexity index is 143. The van der Waals surface area contributed by atoms with Gasteiger partial charge in [0, 0.05) is 19.3 Å². The van der Waals surface area contributed by atoms with Crippen LogP contribution in [0.3, 0.4) is 0 Å². The SMILES string of the molecule is CCOCCCCNC(C)C1CCCC1. The van der Waals surface area contributed by atoms with Crippen LogP contribution in [0.5, 0.6) is 0 Å². The van der Waals surface area contributed by atoms with Crippen LogP contribution in [0.1, 0.15) is 52.4 Å². The van der Waals surface area contributed by atoms with E-state index in [1.807, 2.05) is 0 Å². The highest BCUT2D eigenvalue weighted by molar-refractivity contribution is 4.76. The van der Waals surface area contributed by atoms with Crippen LogP contribution in [0.25, 0.3) is 0 Å². The zero-order valence-corrected chi connectivity index (χ0v) is 10.4. The summed E-state index contributed by atoms with van der Waals surface area (Å²) in [4.78, 5) is 0. The van der Waals surface area contributed by atoms with Crippen molar-refractivity contribution in [3.63, 3.8) is 0 Å². The molecule has 1 atom stereocenters. The summed E-state index contributed by atoms with van der Waals surface area (Å²) in [5.41, 5.74) is 0. The Morgan fingerprint density at radius 3 is 2.67 bits per heavy atom. The van der Waals surface area contributed by atoms with E-state index >= 15 is 0 Å². The quantitative estimate of drug-likeness (QED) is 0.626. The number of hydrogen-bond acceptors (Lipinski definition) is 2. The zero-order valence-electron chi connectivity index (χ0n) is 10.4. The van der Waals surface area contributed by atoms with Crippen LogP contribution >= 0.6 is 0 Å². The fraction of sp³-hybridized carbons (Fsp3) is 1.00. The average molecular weight is 213 g/mol. The lowest BCUT2D eigenvalue weighted by atomic mass is 10.00. The second-order valence-electron chi connectivity index (χ2n) is 4.69. The highest BCUT2D eigenvalue weighted by atomic mass is 16.5. The molecule has 0 saturated heterocycles. The lowest BCUT2D eigenvalue weighted by molar-refractivity contribution is 0.143. The molecular weight excluding hydrogens is 186 g/mol. The fourth-order valence-corrected chi connectivity index (χ4v) is 2.43. The van der Waals surface area contributed by atoms with Gasteiger partial charge in [-0.05, 0) is 52.0 Å². The van der Waals surface area contributed by atoms with E-state index < -0.39 is 0 Å². The van der Waals surface area contributed by atoms with E-state index in [0.717, 1.165) is 31.7 Å². The van der Waals surface area contributed by atoms with E-state index in [0.29, 0.717) is 0 Å². The van der Waals surface area contributed by atoms with Gasteiger partial charge in [0.2, 0.25) is 0 Å². The topological polar surface area (TPSA) is 21.3 Å². The number of unbranched alkanes of at least 4 members (excludes halogenated alkanes) is 1. The van der Waals surface area contributed by atoms with Crippen LogP contribution < -0.4 is 5.32 Å². The van der Waals surface area contributed by atoms with Crippen molar-refractivity contribution < 1.29 is 4.74 Å². The van der Waals surface area contributed by atoms with Gasteiger partial charge in [-0.3, -0.25) is 0 Å². The number of nitrogens with one attached hydrogen (secondary N) is 1. The van der Waals surface area contributed by atoms with Crippen molar-refractivity contribution in [3.05, 3.63) is 0 Å². The maximum atomic E-state index is 5.31. The van der Waals surface area contributed by atoms with Crippen molar-refractivity contribution >= 4 is 0 Å². The molecule has 1 fully saturated rings. The minimum absolute atomic E-state index is 0.722. The molecule has 1 saturated carbocycles. The molecule has 0 amide bonds. The Balaban J connectivity index is 1.90. The minimum Gasteiger partial charge on any atom is -0.382 e. The molecule has 15 heavy (non-hydrogen) atoms. The third-order valence-electron chi connectivity index (χ3n) is 3.49. The maximum Gasteiger partial charge on any atom is 0.0466 e. The molecule has 0 bridgehead atoms. The lowest BCUT2D eigenvalue weighted by Gasteiger charge is -2.20. The molecule has 1 unspecified atom stereocenters. The molecule has 1 rings (SSSR count). The monoisotopic (exact) mass is 213 g/mol. The molecule has 0 spiro atoms. The summed E-state index contributed by atoms with van der Waals surface area (Å²) in [7, 11) is 0. The predicted molar refractivity (Wildman–Crippen MR) is 65.1 cm³/mol. The highest BCUT2D eigenvalue weighted by Crippen LogP contribution is 2.27. The molecule has 1 N–H and O–H groups in total. The van der Waals surface area contributed by atoms with Gasteiger partial charge < -0.3 is 10.1 Å². The Labute approximate surface area is 94.8 Å². The largest absolute Gasteiger partial charge is 0.382 e. The van der Waals surface area contributed by atoms with E-state index in [9.17, 15) is 0 Å². The van der Waals surface area contributed by atoms with Crippen LogP contribution in [0.4, 0.5) is 0 Å². The molecule has 0 radical (unpaired) electrons. The molecule has 2 heteroatoms. The van der Waals surface area contributed by atoms with E-state index in [-0.39, 0.29) is 0 Å². The molecule has 1 aliphatic carbocycles. The fourth-order valence-electron chi connectivity index (χ4n) is 2.43. The van der Waals surface area contributed by atoms with Gasteiger partial charge in [0.15, 0.2) is 0 Å². The predicted octanol–water partition coefficient (Wildman–Crippen LogP) is 2.97. The van der Waals surface area contributed by atoms with Crippen molar-refractivity contribution in [1.82, 2.24) is 5.32 Å². The number of hydrogen-bond donors (Lipinski definition) is 1. The second kappa shape index (κ2) is 8.12. The molecule has 1 aliphatic rings. The van der Waals surface area contributed by atoms with Gasteiger partial charge in [0.05, 0.1) is 0 Å². The average Bonchev–Trinajstić information content (AvgIpc) is 2.76. The summed E-state index contributed by atoms with van der Waals surface area (Å²) in [5, 5.41) is 3.65. The molecule has 0 aromatic rings. The van der Waals surface area contributed by atoms with E-state index in [1.165, 1.54) is 38.5 Å². The Kier molecular flexibility index (Phi) is 7.03. The number of rotatable bonds is 8. The lowest BCUT2D eigenvalue weighted by Crippen LogP contribution is -2.33. The van der Waals surface area contributed by atoms with Crippen molar-refractivity contribution in [1.29, 1.82) is 0 Å². The normalized spacial score (nSPS) is 19.6. The van der Waals surface area contributed by atoms with Gasteiger partial charge in [-0.1, -0.05) is 12.8 Å². The first-order chi connectivity index (χ1) is 7.34. The summed E-state index contributed by atoms with van der Waals surface area (Å²) in [6, 6.07) is 0.722. The van der Waals surface area contributed by atoms with Crippen LogP contribution in [-0.2, 0) is 4.74 Å². The Morgan fingerprint density at radius 1 is 1.27 bits per heavy atom. The molecule has 0 aromatic heterocycles. The molecular formula is C13H27NO. The van der Waals surface area contributed by atoms with Gasteiger partial charge in [0.1, 0.15) is 0 Å². The van der Waals surface area contributed by atoms with Crippen molar-refractivity contribution in [2.24, 2.45) is 5.92 Å². The highest BCUT2D eigenvalue weighted by Gasteiger charge is 2.20. The van der Waals surface area contributed by atoms with Gasteiger partial charge in [-0.2, -0.15) is 0 Å². The van der Waals surface area contributed by atoms with E-state index in [1.54, 1.807) is 0 Å². The number of ether oxygens (including phenoxy) is 1. The Morgan fingerprint density at radius 2 is 2.00 bits per heavy atom. The molecule has 0 aliphatic heterocycles. The van der Waals surface area contributed by atoms with Crippen LogP contribution in [0.15, 0.2) is 0 Å². The molecule has 0 heterocycles. The second-order valence-corrected chi connectivity index (χ2v) is 4.69. The van der Waals surface area contributed by atoms with Crippen LogP contribution in [0.2, 0.25) is 0 Å². The first-order valence-corrected chi connectivity index (χ1v) is 6.65. The van der Waals surface area contributed by atoms with Crippen molar-refractivity contribution in [2.75, 3.05) is 19.8 Å². The van der Waals surface area contributed by atoms with Crippen LogP contribution in [0, 0.1) is 5.92 Å². The third kappa shape index (κ3) is 5.53. The summed E-state index contributed by atoms with van der Waals surface area (Å²) >= 11 is 0. The molecule has 0 aromatic carbocycles. The van der Waals surface area contributed by atoms with Crippen LogP contribution in [-0.4, -0.2) is 25.8 Å². The summed E-state index contributed by atoms with van der Waals surface area (Å²) in [6.45, 7) is 7.34. The van der Waals surface area contributed by atoms with Gasteiger partial charge in [-0.15, -0.1) is 0 Å². The van der Waals surface area contributed by atoms with Crippen molar-refractivity contribution in [2.45, 2.75) is 58.4 Å². The zero-order chi connectivity index (χ0) is 10.9. The van der Waals surface area contributed by atoms with Crippen molar-refractivity contribution in [3.8, 4) is 0 Å². The third-order valence-corrected chi connectivity index (χ3v) is 3.49. The Hall–Kier alpha value is -0.0800. The molecule has 2 nitrogen and oxygen atoms in total.